The molecule has 150 valence electrons. The van der Waals surface area contributed by atoms with Crippen molar-refractivity contribution in [2.75, 3.05) is 24.5 Å². The summed E-state index contributed by atoms with van der Waals surface area (Å²) in [6, 6.07) is 13.3. The monoisotopic (exact) mass is 413 g/mol. The van der Waals surface area contributed by atoms with E-state index in [1.54, 1.807) is 47.4 Å². The van der Waals surface area contributed by atoms with Crippen molar-refractivity contribution in [1.82, 2.24) is 4.90 Å². The van der Waals surface area contributed by atoms with E-state index in [0.29, 0.717) is 24.3 Å². The molecule has 0 spiro atoms. The molecule has 3 rings (SSSR count). The highest BCUT2D eigenvalue weighted by Crippen LogP contribution is 2.29. The van der Waals surface area contributed by atoms with Gasteiger partial charge in [0.15, 0.2) is 5.71 Å². The van der Waals surface area contributed by atoms with Crippen LogP contribution in [0, 0.1) is 0 Å². The molecule has 0 unspecified atom stereocenters. The number of carbonyl (C=O) groups is 3. The van der Waals surface area contributed by atoms with Crippen molar-refractivity contribution in [2.24, 2.45) is 5.16 Å². The van der Waals surface area contributed by atoms with Crippen molar-refractivity contribution in [3.63, 3.8) is 0 Å². The highest BCUT2D eigenvalue weighted by molar-refractivity contribution is 6.54. The zero-order valence-electron chi connectivity index (χ0n) is 16.1. The number of hydrogen-bond donors (Lipinski definition) is 0. The number of para-hydroxylation sites is 1. The summed E-state index contributed by atoms with van der Waals surface area (Å²) in [5.74, 6) is -1.45. The van der Waals surface area contributed by atoms with Gasteiger partial charge in [-0.2, -0.15) is 0 Å². The molecule has 0 radical (unpaired) electrons. The van der Waals surface area contributed by atoms with E-state index in [2.05, 4.69) is 5.16 Å². The fourth-order valence-corrected chi connectivity index (χ4v) is 3.29. The largest absolute Gasteiger partial charge is 0.367 e. The highest BCUT2D eigenvalue weighted by atomic mass is 35.5. The Labute approximate surface area is 173 Å². The number of rotatable bonds is 6. The molecule has 0 saturated carbocycles. The molecule has 1 heterocycles. The fraction of sp³-hybridized carbons (Fsp3) is 0.238. The van der Waals surface area contributed by atoms with Gasteiger partial charge < -0.3 is 9.74 Å². The first-order chi connectivity index (χ1) is 14.0. The highest BCUT2D eigenvalue weighted by Gasteiger charge is 2.36. The predicted octanol–water partition coefficient (Wildman–Crippen LogP) is 3.12. The standard InChI is InChI=1S/C21H20ClN3O4/c1-3-24(4-2)18(26)13-25-17-12-8-6-10-15(17)19(20(25)27)23-29-21(28)14-9-5-7-11-16(14)22/h5-12H,3-4,13H2,1-2H3/b23-19-. The minimum Gasteiger partial charge on any atom is -0.342 e. The van der Waals surface area contributed by atoms with Crippen molar-refractivity contribution >= 4 is 40.8 Å². The van der Waals surface area contributed by atoms with Crippen molar-refractivity contribution < 1.29 is 19.2 Å². The van der Waals surface area contributed by atoms with Gasteiger partial charge in [0.2, 0.25) is 5.91 Å². The average molecular weight is 414 g/mol. The topological polar surface area (TPSA) is 79.3 Å². The smallest absolute Gasteiger partial charge is 0.342 e. The quantitative estimate of drug-likeness (QED) is 0.538. The second-order valence-electron chi connectivity index (χ2n) is 6.27. The zero-order chi connectivity index (χ0) is 21.0. The number of anilines is 1. The molecule has 2 aromatic rings. The summed E-state index contributed by atoms with van der Waals surface area (Å²) in [5.41, 5.74) is 1.15. The van der Waals surface area contributed by atoms with Crippen LogP contribution in [-0.2, 0) is 14.4 Å². The van der Waals surface area contributed by atoms with Gasteiger partial charge in [-0.1, -0.05) is 47.1 Å². The van der Waals surface area contributed by atoms with E-state index in [1.807, 2.05) is 13.8 Å². The molecule has 8 heteroatoms. The molecule has 0 aromatic heterocycles. The maximum absolute atomic E-state index is 12.9. The third kappa shape index (κ3) is 4.14. The lowest BCUT2D eigenvalue weighted by Gasteiger charge is -2.23. The Balaban J connectivity index is 1.86. The average Bonchev–Trinajstić information content (AvgIpc) is 2.99. The molecule has 1 aliphatic heterocycles. The molecule has 2 aromatic carbocycles. The minimum absolute atomic E-state index is 0.0339. The second-order valence-corrected chi connectivity index (χ2v) is 6.68. The summed E-state index contributed by atoms with van der Waals surface area (Å²) in [7, 11) is 0. The Bertz CT molecular complexity index is 985. The summed E-state index contributed by atoms with van der Waals surface area (Å²) >= 11 is 6.00. The molecule has 2 amide bonds. The van der Waals surface area contributed by atoms with Crippen molar-refractivity contribution in [3.8, 4) is 0 Å². The number of nitrogens with zero attached hydrogens (tertiary/aromatic N) is 3. The van der Waals surface area contributed by atoms with E-state index in [4.69, 9.17) is 16.4 Å². The summed E-state index contributed by atoms with van der Waals surface area (Å²) < 4.78 is 0. The first kappa shape index (κ1) is 20.5. The van der Waals surface area contributed by atoms with E-state index >= 15 is 0 Å². The molecule has 0 aliphatic carbocycles. The Kier molecular flexibility index (Phi) is 6.29. The van der Waals surface area contributed by atoms with Crippen LogP contribution in [0.25, 0.3) is 0 Å². The maximum Gasteiger partial charge on any atom is 0.367 e. The predicted molar refractivity (Wildman–Crippen MR) is 110 cm³/mol. The van der Waals surface area contributed by atoms with Crippen LogP contribution in [0.2, 0.25) is 5.02 Å². The lowest BCUT2D eigenvalue weighted by Crippen LogP contribution is -2.42. The molecular formula is C21H20ClN3O4. The molecule has 0 saturated heterocycles. The Hall–Kier alpha value is -3.19. The van der Waals surface area contributed by atoms with Crippen LogP contribution in [0.5, 0.6) is 0 Å². The Morgan fingerprint density at radius 1 is 1.07 bits per heavy atom. The van der Waals surface area contributed by atoms with Crippen LogP contribution in [0.3, 0.4) is 0 Å². The first-order valence-corrected chi connectivity index (χ1v) is 9.58. The third-order valence-electron chi connectivity index (χ3n) is 4.62. The fourth-order valence-electron chi connectivity index (χ4n) is 3.08. The first-order valence-electron chi connectivity index (χ1n) is 9.20. The van der Waals surface area contributed by atoms with Gasteiger partial charge >= 0.3 is 5.97 Å². The summed E-state index contributed by atoms with van der Waals surface area (Å²) in [4.78, 5) is 45.7. The third-order valence-corrected chi connectivity index (χ3v) is 4.95. The van der Waals surface area contributed by atoms with E-state index in [1.165, 1.54) is 11.0 Å². The number of likely N-dealkylation sites (N-methyl/N-ethyl adjacent to an activating group) is 1. The van der Waals surface area contributed by atoms with E-state index in [9.17, 15) is 14.4 Å². The molecule has 29 heavy (non-hydrogen) atoms. The van der Waals surface area contributed by atoms with Crippen LogP contribution >= 0.6 is 11.6 Å². The van der Waals surface area contributed by atoms with Gasteiger partial charge in [-0.15, -0.1) is 0 Å². The van der Waals surface area contributed by atoms with Gasteiger partial charge in [0.25, 0.3) is 5.91 Å². The molecule has 7 nitrogen and oxygen atoms in total. The number of oxime groups is 1. The van der Waals surface area contributed by atoms with Crippen LogP contribution in [-0.4, -0.2) is 48.0 Å². The van der Waals surface area contributed by atoms with Crippen LogP contribution in [0.4, 0.5) is 5.69 Å². The van der Waals surface area contributed by atoms with Gasteiger partial charge in [-0.3, -0.25) is 14.5 Å². The molecule has 1 aliphatic rings. The molecular weight excluding hydrogens is 394 g/mol. The van der Waals surface area contributed by atoms with Gasteiger partial charge in [-0.25, -0.2) is 4.79 Å². The van der Waals surface area contributed by atoms with Gasteiger partial charge in [0, 0.05) is 18.7 Å². The Morgan fingerprint density at radius 3 is 2.41 bits per heavy atom. The number of amides is 2. The SMILES string of the molecule is CCN(CC)C(=O)CN1C(=O)/C(=N\OC(=O)c2ccccc2Cl)c2ccccc21. The lowest BCUT2D eigenvalue weighted by molar-refractivity contribution is -0.130. The number of carbonyl (C=O) groups excluding carboxylic acids is 3. The van der Waals surface area contributed by atoms with Crippen LogP contribution in [0.1, 0.15) is 29.8 Å². The van der Waals surface area contributed by atoms with Gasteiger partial charge in [0.1, 0.15) is 6.54 Å². The number of hydrogen-bond acceptors (Lipinski definition) is 5. The Morgan fingerprint density at radius 2 is 1.72 bits per heavy atom. The van der Waals surface area contributed by atoms with Crippen LogP contribution < -0.4 is 4.90 Å². The molecule has 0 atom stereocenters. The van der Waals surface area contributed by atoms with Crippen molar-refractivity contribution in [3.05, 3.63) is 64.7 Å². The lowest BCUT2D eigenvalue weighted by atomic mass is 10.1. The van der Waals surface area contributed by atoms with E-state index in [0.717, 1.165) is 0 Å². The zero-order valence-corrected chi connectivity index (χ0v) is 16.8. The molecule has 0 N–H and O–H groups in total. The second kappa shape index (κ2) is 8.87. The minimum atomic E-state index is -0.772. The number of benzene rings is 2. The van der Waals surface area contributed by atoms with Gasteiger partial charge in [0.05, 0.1) is 16.3 Å². The summed E-state index contributed by atoms with van der Waals surface area (Å²) in [6.45, 7) is 4.74. The van der Waals surface area contributed by atoms with Crippen LogP contribution in [0.15, 0.2) is 53.7 Å². The molecule has 0 fully saturated rings. The van der Waals surface area contributed by atoms with E-state index < -0.39 is 11.9 Å². The number of halogens is 1. The van der Waals surface area contributed by atoms with Gasteiger partial charge in [-0.05, 0) is 32.0 Å². The van der Waals surface area contributed by atoms with E-state index in [-0.39, 0.29) is 28.7 Å². The normalized spacial score (nSPS) is 14.1. The van der Waals surface area contributed by atoms with Crippen molar-refractivity contribution in [2.45, 2.75) is 13.8 Å². The maximum atomic E-state index is 12.9. The molecule has 0 bridgehead atoms. The summed E-state index contributed by atoms with van der Waals surface area (Å²) in [5, 5.41) is 4.02. The number of fused-ring (bicyclic) bond motifs is 1. The summed E-state index contributed by atoms with van der Waals surface area (Å²) in [6.07, 6.45) is 0. The van der Waals surface area contributed by atoms with Crippen molar-refractivity contribution in [1.29, 1.82) is 0 Å².